The van der Waals surface area contributed by atoms with Gasteiger partial charge in [0.05, 0.1) is 0 Å². The fourth-order valence-corrected chi connectivity index (χ4v) is 1.54. The average Bonchev–Trinajstić information content (AvgIpc) is 2.29. The zero-order chi connectivity index (χ0) is 12.7. The molecular weight excluding hydrogens is 343 g/mol. The standard InChI is InChI=1S/C11H12F2INO2/c12-11(13)17-9-4-2-8(3-5-9)10(16)15-7-1-6-14/h2-5,11H,1,6-7H2,(H,15,16). The molecule has 0 aliphatic carbocycles. The highest BCUT2D eigenvalue weighted by atomic mass is 127. The van der Waals surface area contributed by atoms with Crippen LogP contribution in [0.15, 0.2) is 24.3 Å². The molecule has 94 valence electrons. The largest absolute Gasteiger partial charge is 0.435 e. The predicted molar refractivity (Wildman–Crippen MR) is 68.9 cm³/mol. The second-order valence-electron chi connectivity index (χ2n) is 3.20. The van der Waals surface area contributed by atoms with Crippen LogP contribution < -0.4 is 10.1 Å². The van der Waals surface area contributed by atoms with E-state index in [1.165, 1.54) is 24.3 Å². The van der Waals surface area contributed by atoms with E-state index in [0.29, 0.717) is 12.1 Å². The van der Waals surface area contributed by atoms with Crippen LogP contribution in [0.5, 0.6) is 5.75 Å². The number of hydrogen-bond acceptors (Lipinski definition) is 2. The van der Waals surface area contributed by atoms with Gasteiger partial charge in [-0.3, -0.25) is 4.79 Å². The quantitative estimate of drug-likeness (QED) is 0.484. The van der Waals surface area contributed by atoms with Crippen LogP contribution >= 0.6 is 22.6 Å². The predicted octanol–water partition coefficient (Wildman–Crippen LogP) is 2.84. The summed E-state index contributed by atoms with van der Waals surface area (Å²) in [7, 11) is 0. The molecule has 0 unspecified atom stereocenters. The van der Waals surface area contributed by atoms with E-state index in [2.05, 4.69) is 32.6 Å². The number of nitrogens with one attached hydrogen (secondary N) is 1. The van der Waals surface area contributed by atoms with Crippen molar-refractivity contribution in [2.24, 2.45) is 0 Å². The van der Waals surface area contributed by atoms with E-state index in [0.717, 1.165) is 10.8 Å². The van der Waals surface area contributed by atoms with E-state index in [-0.39, 0.29) is 11.7 Å². The maximum Gasteiger partial charge on any atom is 0.387 e. The van der Waals surface area contributed by atoms with Crippen LogP contribution in [0.2, 0.25) is 0 Å². The van der Waals surface area contributed by atoms with Crippen molar-refractivity contribution in [1.82, 2.24) is 5.32 Å². The van der Waals surface area contributed by atoms with Crippen molar-refractivity contribution in [3.63, 3.8) is 0 Å². The van der Waals surface area contributed by atoms with Gasteiger partial charge in [0.1, 0.15) is 5.75 Å². The Morgan fingerprint density at radius 3 is 2.53 bits per heavy atom. The molecule has 1 aromatic rings. The van der Waals surface area contributed by atoms with Crippen molar-refractivity contribution >= 4 is 28.5 Å². The fraction of sp³-hybridized carbons (Fsp3) is 0.364. The van der Waals surface area contributed by atoms with E-state index in [1.54, 1.807) is 0 Å². The molecule has 0 heterocycles. The van der Waals surface area contributed by atoms with Crippen LogP contribution in [0.25, 0.3) is 0 Å². The van der Waals surface area contributed by atoms with Crippen molar-refractivity contribution in [3.8, 4) is 5.75 Å². The molecule has 0 aliphatic rings. The number of hydrogen-bond donors (Lipinski definition) is 1. The average molecular weight is 355 g/mol. The number of carbonyl (C=O) groups excluding carboxylic acids is 1. The Balaban J connectivity index is 2.52. The summed E-state index contributed by atoms with van der Waals surface area (Å²) in [5.41, 5.74) is 0.431. The minimum atomic E-state index is -2.85. The van der Waals surface area contributed by atoms with Crippen LogP contribution in [0.3, 0.4) is 0 Å². The highest BCUT2D eigenvalue weighted by Crippen LogP contribution is 2.14. The molecule has 6 heteroatoms. The number of carbonyl (C=O) groups is 1. The molecule has 0 saturated heterocycles. The van der Waals surface area contributed by atoms with Crippen molar-refractivity contribution in [2.45, 2.75) is 13.0 Å². The lowest BCUT2D eigenvalue weighted by Gasteiger charge is -2.06. The molecule has 3 nitrogen and oxygen atoms in total. The Morgan fingerprint density at radius 2 is 2.00 bits per heavy atom. The monoisotopic (exact) mass is 355 g/mol. The van der Waals surface area contributed by atoms with Crippen molar-refractivity contribution in [1.29, 1.82) is 0 Å². The van der Waals surface area contributed by atoms with Gasteiger partial charge in [0, 0.05) is 16.5 Å². The lowest BCUT2D eigenvalue weighted by atomic mass is 10.2. The molecule has 1 N–H and O–H groups in total. The normalized spacial score (nSPS) is 10.4. The Bertz CT molecular complexity index is 357. The third-order valence-corrected chi connectivity index (χ3v) is 2.70. The summed E-state index contributed by atoms with van der Waals surface area (Å²) >= 11 is 2.23. The van der Waals surface area contributed by atoms with E-state index >= 15 is 0 Å². The molecule has 1 rings (SSSR count). The molecule has 0 fully saturated rings. The fourth-order valence-electron chi connectivity index (χ4n) is 1.16. The maximum atomic E-state index is 11.9. The van der Waals surface area contributed by atoms with E-state index in [4.69, 9.17) is 0 Å². The summed E-state index contributed by atoms with van der Waals surface area (Å²) in [6, 6.07) is 5.60. The summed E-state index contributed by atoms with van der Waals surface area (Å²) in [5.74, 6) is -0.165. The van der Waals surface area contributed by atoms with Gasteiger partial charge in [0.15, 0.2) is 0 Å². The van der Waals surface area contributed by atoms with Gasteiger partial charge < -0.3 is 10.1 Å². The smallest absolute Gasteiger partial charge is 0.387 e. The maximum absolute atomic E-state index is 11.9. The summed E-state index contributed by atoms with van der Waals surface area (Å²) in [6.45, 7) is -2.24. The SMILES string of the molecule is O=C(NCCCI)c1ccc(OC(F)F)cc1. The molecule has 17 heavy (non-hydrogen) atoms. The highest BCUT2D eigenvalue weighted by molar-refractivity contribution is 14.1. The molecular formula is C11H12F2INO2. The van der Waals surface area contributed by atoms with Gasteiger partial charge in [-0.25, -0.2) is 0 Å². The number of benzene rings is 1. The molecule has 0 saturated carbocycles. The van der Waals surface area contributed by atoms with Crippen molar-refractivity contribution in [3.05, 3.63) is 29.8 Å². The summed E-state index contributed by atoms with van der Waals surface area (Å²) in [4.78, 5) is 11.6. The van der Waals surface area contributed by atoms with Gasteiger partial charge in [0.25, 0.3) is 5.91 Å². The Morgan fingerprint density at radius 1 is 1.35 bits per heavy atom. The molecule has 0 atom stereocenters. The summed E-state index contributed by atoms with van der Waals surface area (Å²) in [6.07, 6.45) is 0.902. The van der Waals surface area contributed by atoms with Crippen molar-refractivity contribution < 1.29 is 18.3 Å². The topological polar surface area (TPSA) is 38.3 Å². The van der Waals surface area contributed by atoms with Gasteiger partial charge in [-0.1, -0.05) is 22.6 Å². The highest BCUT2D eigenvalue weighted by Gasteiger charge is 2.07. The lowest BCUT2D eigenvalue weighted by molar-refractivity contribution is -0.0498. The molecule has 1 aromatic carbocycles. The van der Waals surface area contributed by atoms with E-state index in [1.807, 2.05) is 0 Å². The number of amides is 1. The van der Waals surface area contributed by atoms with Gasteiger partial charge >= 0.3 is 6.61 Å². The second-order valence-corrected chi connectivity index (χ2v) is 4.28. The first-order chi connectivity index (χ1) is 8.13. The van der Waals surface area contributed by atoms with Crippen LogP contribution in [0.4, 0.5) is 8.78 Å². The van der Waals surface area contributed by atoms with Gasteiger partial charge in [-0.05, 0) is 30.7 Å². The first-order valence-electron chi connectivity index (χ1n) is 5.02. The molecule has 0 aromatic heterocycles. The minimum Gasteiger partial charge on any atom is -0.435 e. The number of rotatable bonds is 6. The summed E-state index contributed by atoms with van der Waals surface area (Å²) < 4.78 is 28.9. The Hall–Kier alpha value is -0.920. The molecule has 0 radical (unpaired) electrons. The third-order valence-electron chi connectivity index (χ3n) is 1.94. The van der Waals surface area contributed by atoms with E-state index in [9.17, 15) is 13.6 Å². The van der Waals surface area contributed by atoms with E-state index < -0.39 is 6.61 Å². The van der Waals surface area contributed by atoms with Crippen molar-refractivity contribution in [2.75, 3.05) is 11.0 Å². The first-order valence-corrected chi connectivity index (χ1v) is 6.55. The minimum absolute atomic E-state index is 0.0452. The van der Waals surface area contributed by atoms with Crippen LogP contribution in [0.1, 0.15) is 16.8 Å². The number of ether oxygens (including phenoxy) is 1. The molecule has 1 amide bonds. The van der Waals surface area contributed by atoms with Crippen LogP contribution in [-0.2, 0) is 0 Å². The lowest BCUT2D eigenvalue weighted by Crippen LogP contribution is -2.24. The first kappa shape index (κ1) is 14.1. The van der Waals surface area contributed by atoms with Crippen LogP contribution in [-0.4, -0.2) is 23.5 Å². The second kappa shape index (κ2) is 7.41. The van der Waals surface area contributed by atoms with Gasteiger partial charge in [-0.15, -0.1) is 0 Å². The Labute approximate surface area is 112 Å². The molecule has 0 bridgehead atoms. The van der Waals surface area contributed by atoms with Gasteiger partial charge in [-0.2, -0.15) is 8.78 Å². The third kappa shape index (κ3) is 5.29. The number of halogens is 3. The molecule has 0 aliphatic heterocycles. The number of alkyl halides is 3. The van der Waals surface area contributed by atoms with Gasteiger partial charge in [0.2, 0.25) is 0 Å². The zero-order valence-electron chi connectivity index (χ0n) is 8.96. The molecule has 0 spiro atoms. The van der Waals surface area contributed by atoms with Crippen LogP contribution in [0, 0.1) is 0 Å². The Kier molecular flexibility index (Phi) is 6.17. The zero-order valence-corrected chi connectivity index (χ0v) is 11.1. The summed E-state index contributed by atoms with van der Waals surface area (Å²) in [5, 5.41) is 2.73.